The van der Waals surface area contributed by atoms with Crippen LogP contribution in [0, 0.1) is 0 Å². The van der Waals surface area contributed by atoms with E-state index in [-0.39, 0.29) is 39.1 Å². The van der Waals surface area contributed by atoms with Crippen molar-refractivity contribution in [3.8, 4) is 0 Å². The fourth-order valence-electron chi connectivity index (χ4n) is 5.30. The third kappa shape index (κ3) is 6.34. The van der Waals surface area contributed by atoms with Gasteiger partial charge in [0.1, 0.15) is 11.8 Å². The number of aromatic nitrogens is 2. The Morgan fingerprint density at radius 1 is 1.21 bits per heavy atom. The number of alkyl halides is 3. The van der Waals surface area contributed by atoms with Gasteiger partial charge in [0.2, 0.25) is 5.01 Å². The molecule has 0 spiro atoms. The van der Waals surface area contributed by atoms with Crippen LogP contribution in [0.2, 0.25) is 0 Å². The van der Waals surface area contributed by atoms with E-state index in [1.807, 2.05) is 32.6 Å². The maximum absolute atomic E-state index is 13.2. The molecule has 1 aliphatic carbocycles. The highest BCUT2D eigenvalue weighted by molar-refractivity contribution is 7.93. The first-order valence-corrected chi connectivity index (χ1v) is 15.0. The molecule has 1 saturated carbocycles. The van der Waals surface area contributed by atoms with Gasteiger partial charge in [-0.05, 0) is 76.5 Å². The number of anilines is 2. The Labute approximate surface area is 229 Å². The van der Waals surface area contributed by atoms with Crippen molar-refractivity contribution in [3.63, 3.8) is 0 Å². The van der Waals surface area contributed by atoms with Gasteiger partial charge >= 0.3 is 21.5 Å². The van der Waals surface area contributed by atoms with E-state index in [2.05, 4.69) is 20.4 Å². The first-order valence-electron chi connectivity index (χ1n) is 12.7. The van der Waals surface area contributed by atoms with Crippen LogP contribution in [0.3, 0.4) is 0 Å². The van der Waals surface area contributed by atoms with Gasteiger partial charge in [-0.15, -0.1) is 20.4 Å². The number of hydrogen-bond acceptors (Lipinski definition) is 10. The number of azo groups is 1. The molecule has 1 fully saturated rings. The monoisotopic (exact) mass is 588 g/mol. The minimum absolute atomic E-state index is 0.0164. The van der Waals surface area contributed by atoms with Gasteiger partial charge in [0.25, 0.3) is 5.13 Å². The van der Waals surface area contributed by atoms with Gasteiger partial charge in [-0.3, -0.25) is 4.72 Å². The van der Waals surface area contributed by atoms with Crippen molar-refractivity contribution in [3.05, 3.63) is 22.7 Å². The molecule has 0 bridgehead atoms. The molecule has 2 aromatic rings. The fourth-order valence-corrected chi connectivity index (χ4v) is 6.42. The lowest BCUT2D eigenvalue weighted by atomic mass is 9.80. The second kappa shape index (κ2) is 11.0. The summed E-state index contributed by atoms with van der Waals surface area (Å²) in [6, 6.07) is 2.90. The lowest BCUT2D eigenvalue weighted by molar-refractivity contribution is -0.0429. The van der Waals surface area contributed by atoms with Gasteiger partial charge in [0, 0.05) is 17.8 Å². The molecule has 0 radical (unpaired) electrons. The van der Waals surface area contributed by atoms with Crippen LogP contribution in [0.1, 0.15) is 87.5 Å². The quantitative estimate of drug-likeness (QED) is 0.278. The summed E-state index contributed by atoms with van der Waals surface area (Å²) < 4.78 is 70.8. The summed E-state index contributed by atoms with van der Waals surface area (Å²) in [4.78, 5) is 14.5. The molecule has 0 saturated heterocycles. The zero-order chi connectivity index (χ0) is 28.6. The first-order chi connectivity index (χ1) is 18.2. The summed E-state index contributed by atoms with van der Waals surface area (Å²) in [5, 5.41) is 15.5. The molecule has 2 heterocycles. The van der Waals surface area contributed by atoms with Gasteiger partial charge in [0.15, 0.2) is 0 Å². The van der Waals surface area contributed by atoms with E-state index < -0.39 is 21.5 Å². The van der Waals surface area contributed by atoms with Crippen molar-refractivity contribution >= 4 is 49.5 Å². The van der Waals surface area contributed by atoms with Crippen LogP contribution in [0.25, 0.3) is 0 Å². The first kappa shape index (κ1) is 29.2. The normalized spacial score (nSPS) is 20.2. The van der Waals surface area contributed by atoms with E-state index in [1.165, 1.54) is 12.1 Å². The number of nitrogens with zero attached hydrogens (tertiary/aromatic N) is 5. The molecule has 10 nitrogen and oxygen atoms in total. The molecule has 15 heteroatoms. The summed E-state index contributed by atoms with van der Waals surface area (Å²) in [7, 11) is -5.73. The average Bonchev–Trinajstić information content (AvgIpc) is 3.32. The van der Waals surface area contributed by atoms with Crippen molar-refractivity contribution in [1.29, 1.82) is 0 Å². The van der Waals surface area contributed by atoms with Gasteiger partial charge in [-0.2, -0.15) is 21.6 Å². The van der Waals surface area contributed by atoms with Gasteiger partial charge in [0.05, 0.1) is 5.69 Å². The number of carbonyl (C=O) groups is 1. The lowest BCUT2D eigenvalue weighted by Crippen LogP contribution is -2.48. The number of rotatable bonds is 7. The third-order valence-electron chi connectivity index (χ3n) is 7.03. The molecule has 1 N–H and O–H groups in total. The highest BCUT2D eigenvalue weighted by atomic mass is 32.2. The van der Waals surface area contributed by atoms with Crippen LogP contribution in [-0.2, 0) is 14.8 Å². The summed E-state index contributed by atoms with van der Waals surface area (Å²) in [5.74, 6) is -0.605. The number of hydrogen-bond donors (Lipinski definition) is 1. The summed E-state index contributed by atoms with van der Waals surface area (Å²) in [6.45, 7) is 8.51. The molecule has 1 aliphatic heterocycles. The van der Waals surface area contributed by atoms with Crippen molar-refractivity contribution in [2.45, 2.75) is 89.3 Å². The zero-order valence-corrected chi connectivity index (χ0v) is 23.7. The highest BCUT2D eigenvalue weighted by Crippen LogP contribution is 2.47. The second-order valence-electron chi connectivity index (χ2n) is 10.4. The Balaban J connectivity index is 1.67. The second-order valence-corrected chi connectivity index (χ2v) is 13.0. The van der Waals surface area contributed by atoms with Crippen LogP contribution in [-0.4, -0.2) is 48.3 Å². The van der Waals surface area contributed by atoms with E-state index >= 15 is 0 Å². The maximum Gasteiger partial charge on any atom is 0.516 e. The zero-order valence-electron chi connectivity index (χ0n) is 22.1. The summed E-state index contributed by atoms with van der Waals surface area (Å²) in [5.41, 5.74) is -4.91. The fraction of sp³-hybridized carbons (Fsp3) is 0.625. The molecular weight excluding hydrogens is 557 g/mol. The van der Waals surface area contributed by atoms with E-state index in [0.717, 1.165) is 55.4 Å². The summed E-state index contributed by atoms with van der Waals surface area (Å²) >= 11 is 0.821. The Morgan fingerprint density at radius 2 is 1.90 bits per heavy atom. The molecule has 0 amide bonds. The largest absolute Gasteiger partial charge is 0.516 e. The highest BCUT2D eigenvalue weighted by Gasteiger charge is 2.46. The smallest absolute Gasteiger partial charge is 0.457 e. The molecule has 214 valence electrons. The van der Waals surface area contributed by atoms with Crippen molar-refractivity contribution in [2.24, 2.45) is 10.2 Å². The van der Waals surface area contributed by atoms with Gasteiger partial charge in [-0.25, -0.2) is 4.79 Å². The minimum atomic E-state index is -5.73. The number of sulfonamides is 1. The number of halogens is 3. The molecule has 1 unspecified atom stereocenters. The number of esters is 1. The van der Waals surface area contributed by atoms with Crippen LogP contribution in [0.4, 0.5) is 35.4 Å². The topological polar surface area (TPSA) is 126 Å². The molecule has 1 aromatic heterocycles. The Bertz CT molecular complexity index is 1350. The number of ether oxygens (including phenoxy) is 1. The standard InChI is InChI=1S/C24H31F3N6O4S2/c1-5-33-19-12-18(32-39(35,36)24(25,26)27)17(11-16(19)14(2)13-23(33,3)4)28-30-22-31-29-20(38-22)21(34)37-15-9-7-6-8-10-15/h11-12,14-15,32H,5-10,13H2,1-4H3. The average molecular weight is 589 g/mol. The number of nitrogens with one attached hydrogen (secondary N) is 1. The molecule has 39 heavy (non-hydrogen) atoms. The van der Waals surface area contributed by atoms with Crippen LogP contribution in [0.15, 0.2) is 22.4 Å². The Morgan fingerprint density at radius 3 is 2.54 bits per heavy atom. The van der Waals surface area contributed by atoms with E-state index in [4.69, 9.17) is 4.74 Å². The van der Waals surface area contributed by atoms with Gasteiger partial charge < -0.3 is 9.64 Å². The number of carbonyl (C=O) groups excluding carboxylic acids is 1. The van der Waals surface area contributed by atoms with E-state index in [0.29, 0.717) is 12.2 Å². The van der Waals surface area contributed by atoms with E-state index in [1.54, 1.807) is 4.72 Å². The predicted molar refractivity (Wildman–Crippen MR) is 142 cm³/mol. The third-order valence-corrected chi connectivity index (χ3v) is 8.91. The van der Waals surface area contributed by atoms with Crippen molar-refractivity contribution < 1.29 is 31.1 Å². The number of benzene rings is 1. The van der Waals surface area contributed by atoms with Crippen LogP contribution < -0.4 is 9.62 Å². The van der Waals surface area contributed by atoms with Crippen molar-refractivity contribution in [1.82, 2.24) is 10.2 Å². The molecule has 4 rings (SSSR count). The molecule has 1 atom stereocenters. The van der Waals surface area contributed by atoms with E-state index in [9.17, 15) is 26.4 Å². The van der Waals surface area contributed by atoms with Crippen LogP contribution in [0.5, 0.6) is 0 Å². The molecule has 2 aliphatic rings. The lowest BCUT2D eigenvalue weighted by Gasteiger charge is -2.47. The van der Waals surface area contributed by atoms with Crippen molar-refractivity contribution in [2.75, 3.05) is 16.2 Å². The minimum Gasteiger partial charge on any atom is -0.457 e. The predicted octanol–water partition coefficient (Wildman–Crippen LogP) is 6.82. The van der Waals surface area contributed by atoms with Crippen LogP contribution >= 0.6 is 11.3 Å². The number of fused-ring (bicyclic) bond motifs is 1. The Hall–Kier alpha value is -2.81. The van der Waals surface area contributed by atoms with Gasteiger partial charge in [-0.1, -0.05) is 24.7 Å². The SMILES string of the molecule is CCN1c2cc(NS(=O)(=O)C(F)(F)F)c(N=Nc3nnc(C(=O)OC4CCCCC4)s3)cc2C(C)CC1(C)C. The molecular formula is C24H31F3N6O4S2. The molecule has 1 aromatic carbocycles. The maximum atomic E-state index is 13.2. The summed E-state index contributed by atoms with van der Waals surface area (Å²) in [6.07, 6.45) is 5.25. The Kier molecular flexibility index (Phi) is 8.22.